The maximum atomic E-state index is 3.60. The Morgan fingerprint density at radius 3 is 2.39 bits per heavy atom. The second-order valence-electron chi connectivity index (χ2n) is 7.54. The van der Waals surface area contributed by atoms with Gasteiger partial charge in [-0.15, -0.1) is 0 Å². The average Bonchev–Trinajstić information content (AvgIpc) is 2.93. The van der Waals surface area contributed by atoms with Gasteiger partial charge in [-0.25, -0.2) is 0 Å². The van der Waals surface area contributed by atoms with Crippen molar-refractivity contribution in [3.63, 3.8) is 0 Å². The topological polar surface area (TPSA) is 18.5 Å². The molecule has 102 valence electrons. The van der Waals surface area contributed by atoms with Crippen molar-refractivity contribution >= 4 is 0 Å². The summed E-state index contributed by atoms with van der Waals surface area (Å²) in [7, 11) is 0. The normalized spacial score (nSPS) is 50.7. The lowest BCUT2D eigenvalue weighted by molar-refractivity contribution is -0.0284. The van der Waals surface area contributed by atoms with Gasteiger partial charge in [-0.2, -0.15) is 0 Å². The van der Waals surface area contributed by atoms with Crippen molar-refractivity contribution in [1.29, 1.82) is 0 Å². The number of piperidine rings is 3. The molecule has 0 saturated carbocycles. The molecule has 0 spiro atoms. The Morgan fingerprint density at radius 1 is 1.00 bits per heavy atom. The third kappa shape index (κ3) is 1.53. The molecule has 2 bridgehead atoms. The Morgan fingerprint density at radius 2 is 1.78 bits per heavy atom. The van der Waals surface area contributed by atoms with Gasteiger partial charge in [-0.3, -0.25) is 4.90 Å². The zero-order valence-corrected chi connectivity index (χ0v) is 11.9. The van der Waals surface area contributed by atoms with Crippen LogP contribution < -0.4 is 5.32 Å². The van der Waals surface area contributed by atoms with E-state index in [0.717, 1.165) is 23.8 Å². The highest BCUT2D eigenvalue weighted by atomic mass is 15.3. The number of likely N-dealkylation sites (tertiary alicyclic amines) is 1. The minimum absolute atomic E-state index is 0.414. The summed E-state index contributed by atoms with van der Waals surface area (Å²) in [6, 6.07) is 0.855. The van der Waals surface area contributed by atoms with Crippen LogP contribution in [0.2, 0.25) is 0 Å². The maximum absolute atomic E-state index is 3.60. The van der Waals surface area contributed by atoms with Gasteiger partial charge in [0.25, 0.3) is 0 Å². The Bertz CT molecular complexity index is 333. The SMILES string of the molecule is CC1(C)C2CNCC2CN1C1CN2CCC1CC2. The molecule has 5 aliphatic heterocycles. The molecule has 5 heterocycles. The summed E-state index contributed by atoms with van der Waals surface area (Å²) in [5, 5.41) is 3.60. The molecule has 3 heteroatoms. The monoisotopic (exact) mass is 249 g/mol. The minimum atomic E-state index is 0.414. The molecule has 0 aromatic rings. The van der Waals surface area contributed by atoms with E-state index in [1.54, 1.807) is 0 Å². The molecule has 0 radical (unpaired) electrons. The van der Waals surface area contributed by atoms with E-state index in [1.807, 2.05) is 0 Å². The summed E-state index contributed by atoms with van der Waals surface area (Å²) in [5.41, 5.74) is 0.414. The van der Waals surface area contributed by atoms with Crippen molar-refractivity contribution < 1.29 is 0 Å². The lowest BCUT2D eigenvalue weighted by Crippen LogP contribution is -2.61. The highest BCUT2D eigenvalue weighted by Gasteiger charge is 2.53. The Hall–Kier alpha value is -0.120. The van der Waals surface area contributed by atoms with Gasteiger partial charge in [0.05, 0.1) is 0 Å². The van der Waals surface area contributed by atoms with Gasteiger partial charge in [0.2, 0.25) is 0 Å². The van der Waals surface area contributed by atoms with Crippen LogP contribution >= 0.6 is 0 Å². The zero-order chi connectivity index (χ0) is 12.3. The van der Waals surface area contributed by atoms with Crippen LogP contribution in [0.5, 0.6) is 0 Å². The van der Waals surface area contributed by atoms with Crippen molar-refractivity contribution in [2.45, 2.75) is 38.3 Å². The van der Waals surface area contributed by atoms with Gasteiger partial charge >= 0.3 is 0 Å². The van der Waals surface area contributed by atoms with E-state index >= 15 is 0 Å². The van der Waals surface area contributed by atoms with Crippen molar-refractivity contribution in [1.82, 2.24) is 15.1 Å². The molecule has 18 heavy (non-hydrogen) atoms. The Balaban J connectivity index is 1.58. The molecular weight excluding hydrogens is 222 g/mol. The summed E-state index contributed by atoms with van der Waals surface area (Å²) in [5.74, 6) is 2.78. The predicted molar refractivity (Wildman–Crippen MR) is 73.6 cm³/mol. The molecule has 0 amide bonds. The van der Waals surface area contributed by atoms with Crippen molar-refractivity contribution in [2.75, 3.05) is 39.3 Å². The van der Waals surface area contributed by atoms with Crippen molar-refractivity contribution in [2.24, 2.45) is 17.8 Å². The summed E-state index contributed by atoms with van der Waals surface area (Å²) in [4.78, 5) is 5.60. The summed E-state index contributed by atoms with van der Waals surface area (Å²) in [6.45, 7) is 12.9. The molecular formula is C15H27N3. The standard InChI is InChI=1S/C15H27N3/c1-15(2)13-8-16-7-12(13)9-18(15)14-10-17-5-3-11(14)4-6-17/h11-14,16H,3-10H2,1-2H3. The van der Waals surface area contributed by atoms with E-state index in [2.05, 4.69) is 29.0 Å². The maximum Gasteiger partial charge on any atom is 0.0257 e. The highest BCUT2D eigenvalue weighted by Crippen LogP contribution is 2.45. The third-order valence-corrected chi connectivity index (χ3v) is 6.44. The van der Waals surface area contributed by atoms with Crippen molar-refractivity contribution in [3.8, 4) is 0 Å². The van der Waals surface area contributed by atoms with Gasteiger partial charge in [0.1, 0.15) is 0 Å². The molecule has 0 aromatic heterocycles. The fourth-order valence-electron chi connectivity index (χ4n) is 5.30. The lowest BCUT2D eigenvalue weighted by atomic mass is 9.80. The molecule has 1 N–H and O–H groups in total. The predicted octanol–water partition coefficient (Wildman–Crippen LogP) is 1.01. The molecule has 0 aromatic carbocycles. The van der Waals surface area contributed by atoms with Gasteiger partial charge in [-0.05, 0) is 64.1 Å². The van der Waals surface area contributed by atoms with Crippen LogP contribution in [0.4, 0.5) is 0 Å². The van der Waals surface area contributed by atoms with E-state index in [9.17, 15) is 0 Å². The zero-order valence-electron chi connectivity index (χ0n) is 11.9. The molecule has 5 saturated heterocycles. The van der Waals surface area contributed by atoms with Gasteiger partial charge in [-0.1, -0.05) is 0 Å². The summed E-state index contributed by atoms with van der Waals surface area (Å²) in [6.07, 6.45) is 2.90. The molecule has 3 nitrogen and oxygen atoms in total. The number of hydrogen-bond acceptors (Lipinski definition) is 3. The molecule has 5 rings (SSSR count). The first-order valence-corrected chi connectivity index (χ1v) is 7.86. The summed E-state index contributed by atoms with van der Waals surface area (Å²) < 4.78 is 0. The van der Waals surface area contributed by atoms with E-state index < -0.39 is 0 Å². The van der Waals surface area contributed by atoms with Crippen LogP contribution in [0.3, 0.4) is 0 Å². The van der Waals surface area contributed by atoms with E-state index in [0.29, 0.717) is 5.54 Å². The van der Waals surface area contributed by atoms with E-state index in [-0.39, 0.29) is 0 Å². The quantitative estimate of drug-likeness (QED) is 0.748. The third-order valence-electron chi connectivity index (χ3n) is 6.44. The second-order valence-corrected chi connectivity index (χ2v) is 7.54. The van der Waals surface area contributed by atoms with Crippen LogP contribution in [0, 0.1) is 17.8 Å². The molecule has 3 atom stereocenters. The van der Waals surface area contributed by atoms with Crippen LogP contribution in [0.15, 0.2) is 0 Å². The van der Waals surface area contributed by atoms with E-state index in [4.69, 9.17) is 0 Å². The first kappa shape index (κ1) is 11.7. The average molecular weight is 249 g/mol. The second kappa shape index (κ2) is 3.94. The number of hydrogen-bond donors (Lipinski definition) is 1. The summed E-state index contributed by atoms with van der Waals surface area (Å²) >= 11 is 0. The highest BCUT2D eigenvalue weighted by molar-refractivity contribution is 5.08. The molecule has 5 aliphatic rings. The van der Waals surface area contributed by atoms with Crippen LogP contribution in [0.1, 0.15) is 26.7 Å². The Kier molecular flexibility index (Phi) is 2.56. The first-order chi connectivity index (χ1) is 8.66. The number of rotatable bonds is 1. The minimum Gasteiger partial charge on any atom is -0.316 e. The fourth-order valence-corrected chi connectivity index (χ4v) is 5.30. The van der Waals surface area contributed by atoms with Crippen LogP contribution in [0.25, 0.3) is 0 Å². The molecule has 5 fully saturated rings. The van der Waals surface area contributed by atoms with E-state index in [1.165, 1.54) is 52.1 Å². The number of nitrogens with one attached hydrogen (secondary N) is 1. The molecule has 3 unspecified atom stereocenters. The van der Waals surface area contributed by atoms with Gasteiger partial charge < -0.3 is 10.2 Å². The lowest BCUT2D eigenvalue weighted by Gasteiger charge is -2.52. The van der Waals surface area contributed by atoms with Gasteiger partial charge in [0, 0.05) is 31.2 Å². The molecule has 0 aliphatic carbocycles. The van der Waals surface area contributed by atoms with Gasteiger partial charge in [0.15, 0.2) is 0 Å². The number of nitrogens with zero attached hydrogens (tertiary/aromatic N) is 2. The van der Waals surface area contributed by atoms with Crippen LogP contribution in [-0.4, -0.2) is 60.6 Å². The smallest absolute Gasteiger partial charge is 0.0257 e. The van der Waals surface area contributed by atoms with Crippen molar-refractivity contribution in [3.05, 3.63) is 0 Å². The largest absolute Gasteiger partial charge is 0.316 e. The van der Waals surface area contributed by atoms with Crippen LogP contribution in [-0.2, 0) is 0 Å². The first-order valence-electron chi connectivity index (χ1n) is 7.86. The fraction of sp³-hybridized carbons (Fsp3) is 1.00. The number of fused-ring (bicyclic) bond motifs is 4. The Labute approximate surface area is 111 Å².